The summed E-state index contributed by atoms with van der Waals surface area (Å²) in [7, 11) is -3.27. The summed E-state index contributed by atoms with van der Waals surface area (Å²) in [5.41, 5.74) is 4.66. The number of anilines is 1. The largest absolute Gasteiger partial charge is 0.352 e. The molecule has 0 saturated carbocycles. The second-order valence-corrected chi connectivity index (χ2v) is 10.1. The van der Waals surface area contributed by atoms with Crippen LogP contribution in [0.5, 0.6) is 0 Å². The number of nitrogens with one attached hydrogen (secondary N) is 3. The smallest absolute Gasteiger partial charge is 0.251 e. The number of rotatable bonds is 13. The van der Waals surface area contributed by atoms with Gasteiger partial charge in [0, 0.05) is 24.3 Å². The van der Waals surface area contributed by atoms with Gasteiger partial charge in [0.2, 0.25) is 10.0 Å². The zero-order valence-corrected chi connectivity index (χ0v) is 20.4. The number of amides is 1. The van der Waals surface area contributed by atoms with Crippen LogP contribution in [0.15, 0.2) is 78.9 Å². The first-order valence-electron chi connectivity index (χ1n) is 11.6. The Morgan fingerprint density at radius 3 is 2.18 bits per heavy atom. The highest BCUT2D eigenvalue weighted by atomic mass is 32.2. The molecule has 34 heavy (non-hydrogen) atoms. The summed E-state index contributed by atoms with van der Waals surface area (Å²) in [5.74, 6) is -0.0360. The maximum absolute atomic E-state index is 12.7. The summed E-state index contributed by atoms with van der Waals surface area (Å²) in [6, 6.07) is 25.4. The quantitative estimate of drug-likeness (QED) is 0.322. The van der Waals surface area contributed by atoms with E-state index in [9.17, 15) is 13.2 Å². The van der Waals surface area contributed by atoms with Gasteiger partial charge in [-0.05, 0) is 67.1 Å². The van der Waals surface area contributed by atoms with Crippen molar-refractivity contribution in [3.05, 3.63) is 101 Å². The predicted molar refractivity (Wildman–Crippen MR) is 138 cm³/mol. The van der Waals surface area contributed by atoms with Crippen LogP contribution in [0.2, 0.25) is 0 Å². The van der Waals surface area contributed by atoms with Gasteiger partial charge in [-0.25, -0.2) is 8.42 Å². The summed E-state index contributed by atoms with van der Waals surface area (Å²) in [5, 5.41) is 6.45. The molecule has 0 radical (unpaired) electrons. The lowest BCUT2D eigenvalue weighted by atomic mass is 10.1. The number of unbranched alkanes of at least 4 members (excludes halogenated alkanes) is 1. The van der Waals surface area contributed by atoms with Crippen LogP contribution < -0.4 is 15.4 Å². The van der Waals surface area contributed by atoms with Crippen molar-refractivity contribution in [2.75, 3.05) is 24.1 Å². The standard InChI is InChI=1S/C27H33N3O3S/c1-34(32,33)30-25-16-14-23(15-17-25)18-20-28-21-24-12-5-6-13-26(24)27(31)29-19-8-7-11-22-9-3-2-4-10-22/h2-6,9-10,12-17,28,30H,7-8,11,18-21H2,1H3,(H,29,31). The Balaban J connectivity index is 1.39. The summed E-state index contributed by atoms with van der Waals surface area (Å²) in [6.07, 6.45) is 4.94. The molecule has 0 aromatic heterocycles. The number of benzene rings is 3. The van der Waals surface area contributed by atoms with E-state index in [1.807, 2.05) is 42.5 Å². The first-order valence-corrected chi connectivity index (χ1v) is 13.5. The Morgan fingerprint density at radius 1 is 0.765 bits per heavy atom. The summed E-state index contributed by atoms with van der Waals surface area (Å²) >= 11 is 0. The average Bonchev–Trinajstić information content (AvgIpc) is 2.82. The Labute approximate surface area is 202 Å². The lowest BCUT2D eigenvalue weighted by Crippen LogP contribution is -2.27. The molecule has 180 valence electrons. The van der Waals surface area contributed by atoms with Crippen molar-refractivity contribution in [3.8, 4) is 0 Å². The minimum atomic E-state index is -3.27. The zero-order chi connectivity index (χ0) is 24.2. The zero-order valence-electron chi connectivity index (χ0n) is 19.6. The lowest BCUT2D eigenvalue weighted by molar-refractivity contribution is 0.0952. The third-order valence-electron chi connectivity index (χ3n) is 5.45. The van der Waals surface area contributed by atoms with Crippen LogP contribution in [0, 0.1) is 0 Å². The number of carbonyl (C=O) groups is 1. The van der Waals surface area contributed by atoms with E-state index < -0.39 is 10.0 Å². The molecule has 7 heteroatoms. The maximum Gasteiger partial charge on any atom is 0.251 e. The minimum absolute atomic E-state index is 0.0360. The molecule has 0 aliphatic heterocycles. The molecule has 0 aliphatic rings. The fourth-order valence-corrected chi connectivity index (χ4v) is 4.27. The normalized spacial score (nSPS) is 11.2. The average molecular weight is 480 g/mol. The Morgan fingerprint density at radius 2 is 1.44 bits per heavy atom. The monoisotopic (exact) mass is 479 g/mol. The van der Waals surface area contributed by atoms with Crippen molar-refractivity contribution in [1.82, 2.24) is 10.6 Å². The van der Waals surface area contributed by atoms with Crippen molar-refractivity contribution in [1.29, 1.82) is 0 Å². The molecule has 0 fully saturated rings. The fourth-order valence-electron chi connectivity index (χ4n) is 3.70. The molecule has 0 heterocycles. The number of carbonyl (C=O) groups excluding carboxylic acids is 1. The van der Waals surface area contributed by atoms with E-state index in [0.717, 1.165) is 49.6 Å². The molecule has 0 bridgehead atoms. The number of hydrogen-bond acceptors (Lipinski definition) is 4. The third-order valence-corrected chi connectivity index (χ3v) is 6.05. The fraction of sp³-hybridized carbons (Fsp3) is 0.296. The van der Waals surface area contributed by atoms with Gasteiger partial charge < -0.3 is 10.6 Å². The molecular formula is C27H33N3O3S. The van der Waals surface area contributed by atoms with Crippen LogP contribution in [-0.4, -0.2) is 33.7 Å². The van der Waals surface area contributed by atoms with E-state index in [1.165, 1.54) is 5.56 Å². The Kier molecular flexibility index (Phi) is 9.67. The Bertz CT molecular complexity index is 1150. The summed E-state index contributed by atoms with van der Waals surface area (Å²) < 4.78 is 25.1. The van der Waals surface area contributed by atoms with Gasteiger partial charge in [-0.1, -0.05) is 60.7 Å². The molecule has 0 saturated heterocycles. The molecule has 3 rings (SSSR count). The van der Waals surface area contributed by atoms with Gasteiger partial charge in [-0.2, -0.15) is 0 Å². The van der Waals surface area contributed by atoms with Crippen molar-refractivity contribution in [2.24, 2.45) is 0 Å². The van der Waals surface area contributed by atoms with Crippen molar-refractivity contribution >= 4 is 21.6 Å². The van der Waals surface area contributed by atoms with E-state index in [-0.39, 0.29) is 5.91 Å². The molecular weight excluding hydrogens is 446 g/mol. The highest BCUT2D eigenvalue weighted by molar-refractivity contribution is 7.92. The Hall–Kier alpha value is -3.16. The molecule has 3 aromatic rings. The first kappa shape index (κ1) is 25.5. The lowest BCUT2D eigenvalue weighted by Gasteiger charge is -2.11. The topological polar surface area (TPSA) is 87.3 Å². The van der Waals surface area contributed by atoms with Crippen LogP contribution in [0.3, 0.4) is 0 Å². The van der Waals surface area contributed by atoms with E-state index >= 15 is 0 Å². The maximum atomic E-state index is 12.7. The molecule has 0 aliphatic carbocycles. The van der Waals surface area contributed by atoms with Crippen molar-refractivity contribution in [3.63, 3.8) is 0 Å². The van der Waals surface area contributed by atoms with Gasteiger partial charge in [-0.15, -0.1) is 0 Å². The van der Waals surface area contributed by atoms with E-state index in [1.54, 1.807) is 12.1 Å². The van der Waals surface area contributed by atoms with E-state index in [0.29, 0.717) is 24.3 Å². The van der Waals surface area contributed by atoms with Crippen LogP contribution in [0.4, 0.5) is 5.69 Å². The molecule has 0 atom stereocenters. The number of sulfonamides is 1. The van der Waals surface area contributed by atoms with Crippen LogP contribution in [0.25, 0.3) is 0 Å². The second-order valence-electron chi connectivity index (χ2n) is 8.35. The van der Waals surface area contributed by atoms with Gasteiger partial charge in [0.1, 0.15) is 0 Å². The molecule has 0 spiro atoms. The van der Waals surface area contributed by atoms with Crippen molar-refractivity contribution in [2.45, 2.75) is 32.2 Å². The SMILES string of the molecule is CS(=O)(=O)Nc1ccc(CCNCc2ccccc2C(=O)NCCCCc2ccccc2)cc1. The highest BCUT2D eigenvalue weighted by Gasteiger charge is 2.10. The van der Waals surface area contributed by atoms with Crippen LogP contribution in [-0.2, 0) is 29.4 Å². The van der Waals surface area contributed by atoms with E-state index in [2.05, 4.69) is 39.6 Å². The van der Waals surface area contributed by atoms with Gasteiger partial charge in [0.05, 0.1) is 6.26 Å². The molecule has 0 unspecified atom stereocenters. The minimum Gasteiger partial charge on any atom is -0.352 e. The van der Waals surface area contributed by atoms with Crippen molar-refractivity contribution < 1.29 is 13.2 Å². The predicted octanol–water partition coefficient (Wildman–Crippen LogP) is 4.14. The molecule has 3 N–H and O–H groups in total. The van der Waals surface area contributed by atoms with Crippen LogP contribution >= 0.6 is 0 Å². The van der Waals surface area contributed by atoms with Gasteiger partial charge in [0.15, 0.2) is 0 Å². The number of aryl methyl sites for hydroxylation is 1. The van der Waals surface area contributed by atoms with Gasteiger partial charge in [0.25, 0.3) is 5.91 Å². The molecule has 1 amide bonds. The van der Waals surface area contributed by atoms with Gasteiger partial charge >= 0.3 is 0 Å². The summed E-state index contributed by atoms with van der Waals surface area (Å²) in [4.78, 5) is 12.7. The molecule has 6 nitrogen and oxygen atoms in total. The van der Waals surface area contributed by atoms with Gasteiger partial charge in [-0.3, -0.25) is 9.52 Å². The highest BCUT2D eigenvalue weighted by Crippen LogP contribution is 2.12. The third kappa shape index (κ3) is 9.00. The van der Waals surface area contributed by atoms with Crippen LogP contribution in [0.1, 0.15) is 39.9 Å². The second kappa shape index (κ2) is 12.9. The summed E-state index contributed by atoms with van der Waals surface area (Å²) in [6.45, 7) is 2.01. The number of hydrogen-bond donors (Lipinski definition) is 3. The van der Waals surface area contributed by atoms with E-state index in [4.69, 9.17) is 0 Å². The molecule has 3 aromatic carbocycles. The first-order chi connectivity index (χ1) is 16.4.